The van der Waals surface area contributed by atoms with E-state index in [9.17, 15) is 4.79 Å². The molecule has 0 bridgehead atoms. The molecule has 0 N–H and O–H groups in total. The predicted molar refractivity (Wildman–Crippen MR) is 81.6 cm³/mol. The summed E-state index contributed by atoms with van der Waals surface area (Å²) in [4.78, 5) is 11.1. The molecule has 0 aliphatic rings. The molecule has 0 radical (unpaired) electrons. The maximum atomic E-state index is 11.1. The number of esters is 1. The van der Waals surface area contributed by atoms with Gasteiger partial charge in [-0.15, -0.1) is 0 Å². The largest absolute Gasteiger partial charge is 0.462 e. The van der Waals surface area contributed by atoms with Gasteiger partial charge in [-0.2, -0.15) is 0 Å². The maximum Gasteiger partial charge on any atom is 0.333 e. The van der Waals surface area contributed by atoms with E-state index in [4.69, 9.17) is 4.74 Å². The van der Waals surface area contributed by atoms with Crippen LogP contribution in [0.2, 0.25) is 25.7 Å². The number of unbranched alkanes of at least 4 members (excludes halogenated alkanes) is 2. The maximum absolute atomic E-state index is 11.1. The Bertz CT molecular complexity index is 266. The highest BCUT2D eigenvalue weighted by Gasteiger charge is 2.16. The lowest BCUT2D eigenvalue weighted by atomic mass is 10.1. The molecule has 1 atom stereocenters. The van der Waals surface area contributed by atoms with Gasteiger partial charge in [-0.3, -0.25) is 0 Å². The van der Waals surface area contributed by atoms with E-state index in [-0.39, 0.29) is 5.97 Å². The van der Waals surface area contributed by atoms with Gasteiger partial charge < -0.3 is 4.74 Å². The van der Waals surface area contributed by atoms with Gasteiger partial charge in [0.15, 0.2) is 0 Å². The topological polar surface area (TPSA) is 26.3 Å². The van der Waals surface area contributed by atoms with Gasteiger partial charge in [0.25, 0.3) is 0 Å². The zero-order chi connectivity index (χ0) is 14.2. The Morgan fingerprint density at radius 1 is 1.22 bits per heavy atom. The van der Waals surface area contributed by atoms with Crippen molar-refractivity contribution in [1.29, 1.82) is 0 Å². The minimum absolute atomic E-state index is 0.262. The average Bonchev–Trinajstić information content (AvgIpc) is 2.19. The van der Waals surface area contributed by atoms with Crippen molar-refractivity contribution in [3.8, 4) is 0 Å². The fraction of sp³-hybridized carbons (Fsp3) is 0.800. The van der Waals surface area contributed by atoms with Gasteiger partial charge in [0, 0.05) is 13.6 Å². The van der Waals surface area contributed by atoms with Crippen molar-refractivity contribution in [2.75, 3.05) is 6.61 Å². The van der Waals surface area contributed by atoms with Crippen LogP contribution in [0.4, 0.5) is 0 Å². The summed E-state index contributed by atoms with van der Waals surface area (Å²) in [5.74, 6) is 0.580. The normalized spacial score (nSPS) is 13.2. The van der Waals surface area contributed by atoms with E-state index < -0.39 is 8.07 Å². The first-order valence-electron chi connectivity index (χ1n) is 7.05. The van der Waals surface area contributed by atoms with E-state index in [0.29, 0.717) is 12.2 Å². The molecule has 0 aromatic carbocycles. The third-order valence-electron chi connectivity index (χ3n) is 2.88. The molecule has 0 heterocycles. The Kier molecular flexibility index (Phi) is 8.24. The van der Waals surface area contributed by atoms with E-state index in [2.05, 4.69) is 33.1 Å². The first kappa shape index (κ1) is 17.4. The summed E-state index contributed by atoms with van der Waals surface area (Å²) in [5.41, 5.74) is 0.485. The second kappa shape index (κ2) is 8.52. The van der Waals surface area contributed by atoms with Crippen molar-refractivity contribution >= 4 is 14.0 Å². The monoisotopic (exact) mass is 270 g/mol. The van der Waals surface area contributed by atoms with E-state index in [0.717, 1.165) is 18.8 Å². The third-order valence-corrected chi connectivity index (χ3v) is 4.81. The number of ether oxygens (including phenoxy) is 1. The molecule has 0 aromatic heterocycles. The third kappa shape index (κ3) is 10.6. The lowest BCUT2D eigenvalue weighted by Crippen LogP contribution is -2.22. The number of carbonyl (C=O) groups is 1. The Morgan fingerprint density at radius 2 is 1.83 bits per heavy atom. The first-order chi connectivity index (χ1) is 8.22. The van der Waals surface area contributed by atoms with Crippen molar-refractivity contribution in [3.63, 3.8) is 0 Å². The molecule has 0 aliphatic carbocycles. The molecule has 0 saturated heterocycles. The summed E-state index contributed by atoms with van der Waals surface area (Å²) in [6.45, 7) is 15.4. The standard InChI is InChI=1S/C15H30O2Si/c1-13(2)15(16)17-11-9-7-8-10-14(3)12-18(4,5)6/h14H,1,7-12H2,2-6H3. The Hall–Kier alpha value is -0.573. The van der Waals surface area contributed by atoms with Crippen LogP contribution in [-0.2, 0) is 9.53 Å². The zero-order valence-corrected chi connectivity index (χ0v) is 13.8. The average molecular weight is 270 g/mol. The number of rotatable bonds is 9. The number of hydrogen-bond donors (Lipinski definition) is 0. The molecule has 0 fully saturated rings. The summed E-state index contributed by atoms with van der Waals surface area (Å²) in [6.07, 6.45) is 4.67. The Labute approximate surface area is 114 Å². The van der Waals surface area contributed by atoms with Crippen LogP contribution in [0.5, 0.6) is 0 Å². The molecule has 2 nitrogen and oxygen atoms in total. The zero-order valence-electron chi connectivity index (χ0n) is 12.8. The van der Waals surface area contributed by atoms with E-state index in [1.165, 1.54) is 18.9 Å². The molecule has 0 saturated carbocycles. The van der Waals surface area contributed by atoms with Crippen LogP contribution in [-0.4, -0.2) is 20.7 Å². The Morgan fingerprint density at radius 3 is 2.33 bits per heavy atom. The molecule has 106 valence electrons. The van der Waals surface area contributed by atoms with E-state index in [1.807, 2.05) is 0 Å². The quantitative estimate of drug-likeness (QED) is 0.264. The molecule has 1 unspecified atom stereocenters. The fourth-order valence-corrected chi connectivity index (χ4v) is 4.50. The summed E-state index contributed by atoms with van der Waals surface area (Å²) in [5, 5.41) is 0. The van der Waals surface area contributed by atoms with Gasteiger partial charge in [-0.1, -0.05) is 58.5 Å². The molecule has 18 heavy (non-hydrogen) atoms. The number of carbonyl (C=O) groups excluding carboxylic acids is 1. The van der Waals surface area contributed by atoms with Gasteiger partial charge in [0.1, 0.15) is 0 Å². The molecule has 0 aromatic rings. The highest BCUT2D eigenvalue weighted by atomic mass is 28.3. The van der Waals surface area contributed by atoms with Gasteiger partial charge in [-0.25, -0.2) is 4.79 Å². The summed E-state index contributed by atoms with van der Waals surface area (Å²) in [6, 6.07) is 1.41. The number of hydrogen-bond acceptors (Lipinski definition) is 2. The molecule has 0 aliphatic heterocycles. The minimum Gasteiger partial charge on any atom is -0.462 e. The van der Waals surface area contributed by atoms with Crippen molar-refractivity contribution in [2.24, 2.45) is 5.92 Å². The van der Waals surface area contributed by atoms with Crippen molar-refractivity contribution in [2.45, 2.75) is 65.2 Å². The van der Waals surface area contributed by atoms with Crippen LogP contribution in [0.25, 0.3) is 0 Å². The van der Waals surface area contributed by atoms with Crippen molar-refractivity contribution in [3.05, 3.63) is 12.2 Å². The van der Waals surface area contributed by atoms with Crippen LogP contribution in [0.15, 0.2) is 12.2 Å². The minimum atomic E-state index is -0.902. The van der Waals surface area contributed by atoms with Crippen LogP contribution >= 0.6 is 0 Å². The second-order valence-corrected chi connectivity index (χ2v) is 12.2. The molecule has 0 amide bonds. The van der Waals surface area contributed by atoms with Gasteiger partial charge in [0.2, 0.25) is 0 Å². The SMILES string of the molecule is C=C(C)C(=O)OCCCCCC(C)C[Si](C)(C)C. The lowest BCUT2D eigenvalue weighted by molar-refractivity contribution is -0.139. The smallest absolute Gasteiger partial charge is 0.333 e. The Balaban J connectivity index is 3.46. The first-order valence-corrected chi connectivity index (χ1v) is 10.8. The van der Waals surface area contributed by atoms with Crippen molar-refractivity contribution in [1.82, 2.24) is 0 Å². The van der Waals surface area contributed by atoms with Crippen LogP contribution in [0.1, 0.15) is 39.5 Å². The van der Waals surface area contributed by atoms with Crippen LogP contribution in [0.3, 0.4) is 0 Å². The summed E-state index contributed by atoms with van der Waals surface area (Å²) < 4.78 is 5.06. The van der Waals surface area contributed by atoms with Gasteiger partial charge in [-0.05, 0) is 19.3 Å². The van der Waals surface area contributed by atoms with Crippen molar-refractivity contribution < 1.29 is 9.53 Å². The lowest BCUT2D eigenvalue weighted by Gasteiger charge is -2.21. The molecule has 3 heteroatoms. The second-order valence-electron chi connectivity index (χ2n) is 6.64. The summed E-state index contributed by atoms with van der Waals surface area (Å²) >= 11 is 0. The predicted octanol–water partition coefficient (Wildman–Crippen LogP) is 4.64. The van der Waals surface area contributed by atoms with Gasteiger partial charge >= 0.3 is 5.97 Å². The highest BCUT2D eigenvalue weighted by molar-refractivity contribution is 6.76. The molecular formula is C15H30O2Si. The van der Waals surface area contributed by atoms with Crippen LogP contribution < -0.4 is 0 Å². The van der Waals surface area contributed by atoms with E-state index in [1.54, 1.807) is 6.92 Å². The molecule has 0 spiro atoms. The highest BCUT2D eigenvalue weighted by Crippen LogP contribution is 2.21. The van der Waals surface area contributed by atoms with Gasteiger partial charge in [0.05, 0.1) is 6.61 Å². The molecule has 0 rings (SSSR count). The van der Waals surface area contributed by atoms with Crippen LogP contribution in [0, 0.1) is 5.92 Å². The summed E-state index contributed by atoms with van der Waals surface area (Å²) in [7, 11) is -0.902. The fourth-order valence-electron chi connectivity index (χ4n) is 2.21. The molecular weight excluding hydrogens is 240 g/mol. The van der Waals surface area contributed by atoms with E-state index >= 15 is 0 Å².